The average molecular weight is 266 g/mol. The number of rotatable bonds is 5. The Bertz CT molecular complexity index is 333. The highest BCUT2D eigenvalue weighted by Crippen LogP contribution is 2.29. The molecular weight excluding hydrogens is 251 g/mol. The van der Waals surface area contributed by atoms with Crippen LogP contribution in [0.25, 0.3) is 0 Å². The Kier molecular flexibility index (Phi) is 5.12. The third kappa shape index (κ3) is 5.31. The van der Waals surface area contributed by atoms with Crippen molar-refractivity contribution in [2.24, 2.45) is 0 Å². The first-order valence-corrected chi connectivity index (χ1v) is 5.88. The fourth-order valence-corrected chi connectivity index (χ4v) is 1.55. The Morgan fingerprint density at radius 3 is 2.29 bits per heavy atom. The second-order valence-electron chi connectivity index (χ2n) is 3.92. The number of benzene rings is 1. The number of halogens is 4. The van der Waals surface area contributed by atoms with Crippen molar-refractivity contribution in [3.63, 3.8) is 0 Å². The molecule has 0 aliphatic rings. The van der Waals surface area contributed by atoms with Gasteiger partial charge >= 0.3 is 6.18 Å². The lowest BCUT2D eigenvalue weighted by Crippen LogP contribution is -2.06. The van der Waals surface area contributed by atoms with Crippen LogP contribution in [-0.2, 0) is 6.18 Å². The summed E-state index contributed by atoms with van der Waals surface area (Å²) < 4.78 is 36.8. The van der Waals surface area contributed by atoms with Gasteiger partial charge in [-0.2, -0.15) is 13.2 Å². The third-order valence-electron chi connectivity index (χ3n) is 2.32. The van der Waals surface area contributed by atoms with Crippen LogP contribution < -0.4 is 5.32 Å². The lowest BCUT2D eigenvalue weighted by Gasteiger charge is -2.09. The van der Waals surface area contributed by atoms with Gasteiger partial charge in [-0.25, -0.2) is 0 Å². The number of nitrogens with one attached hydrogen (secondary N) is 1. The van der Waals surface area contributed by atoms with Crippen LogP contribution in [0.15, 0.2) is 24.3 Å². The molecule has 0 radical (unpaired) electrons. The van der Waals surface area contributed by atoms with Crippen molar-refractivity contribution in [1.29, 1.82) is 0 Å². The van der Waals surface area contributed by atoms with E-state index >= 15 is 0 Å². The highest BCUT2D eigenvalue weighted by Gasteiger charge is 2.29. The summed E-state index contributed by atoms with van der Waals surface area (Å²) in [7, 11) is 0. The monoisotopic (exact) mass is 265 g/mol. The Hall–Kier alpha value is -0.900. The first-order valence-electron chi connectivity index (χ1n) is 5.45. The van der Waals surface area contributed by atoms with Gasteiger partial charge in [0.2, 0.25) is 0 Å². The zero-order chi connectivity index (χ0) is 12.9. The summed E-state index contributed by atoms with van der Waals surface area (Å²) in [6.07, 6.45) is -2.49. The maximum Gasteiger partial charge on any atom is 0.416 e. The van der Waals surface area contributed by atoms with Gasteiger partial charge < -0.3 is 5.32 Å². The molecule has 1 N–H and O–H groups in total. The van der Waals surface area contributed by atoms with Gasteiger partial charge in [-0.15, -0.1) is 11.6 Å². The summed E-state index contributed by atoms with van der Waals surface area (Å²) in [6, 6.07) is 5.03. The molecule has 0 fully saturated rings. The predicted molar refractivity (Wildman–Crippen MR) is 64.5 cm³/mol. The zero-order valence-corrected chi connectivity index (χ0v) is 10.3. The van der Waals surface area contributed by atoms with Gasteiger partial charge in [-0.05, 0) is 44.0 Å². The highest BCUT2D eigenvalue weighted by molar-refractivity contribution is 6.20. The van der Waals surface area contributed by atoms with Gasteiger partial charge in [0, 0.05) is 17.6 Å². The van der Waals surface area contributed by atoms with Crippen LogP contribution in [0.3, 0.4) is 0 Å². The molecule has 5 heteroatoms. The van der Waals surface area contributed by atoms with Gasteiger partial charge in [-0.1, -0.05) is 0 Å². The molecule has 1 nitrogen and oxygen atoms in total. The average Bonchev–Trinajstić information content (AvgIpc) is 2.23. The Morgan fingerprint density at radius 2 is 1.82 bits per heavy atom. The summed E-state index contributed by atoms with van der Waals surface area (Å²) in [6.45, 7) is 2.63. The van der Waals surface area contributed by atoms with Crippen molar-refractivity contribution in [1.82, 2.24) is 0 Å². The van der Waals surface area contributed by atoms with Crippen LogP contribution in [0.2, 0.25) is 0 Å². The molecule has 0 heterocycles. The highest BCUT2D eigenvalue weighted by atomic mass is 35.5. The SMILES string of the molecule is CC(Cl)CCCNc1ccc(C(F)(F)F)cc1. The van der Waals surface area contributed by atoms with E-state index in [2.05, 4.69) is 5.32 Å². The quantitative estimate of drug-likeness (QED) is 0.609. The van der Waals surface area contributed by atoms with E-state index < -0.39 is 11.7 Å². The van der Waals surface area contributed by atoms with Crippen LogP contribution in [-0.4, -0.2) is 11.9 Å². The van der Waals surface area contributed by atoms with Crippen LogP contribution in [0.5, 0.6) is 0 Å². The first-order chi connectivity index (χ1) is 7.89. The molecule has 0 amide bonds. The zero-order valence-electron chi connectivity index (χ0n) is 9.52. The largest absolute Gasteiger partial charge is 0.416 e. The van der Waals surface area contributed by atoms with Gasteiger partial charge in [0.1, 0.15) is 0 Å². The van der Waals surface area contributed by atoms with Crippen LogP contribution in [0.4, 0.5) is 18.9 Å². The van der Waals surface area contributed by atoms with E-state index in [0.29, 0.717) is 12.2 Å². The molecule has 0 spiro atoms. The molecule has 1 rings (SSSR count). The second kappa shape index (κ2) is 6.15. The van der Waals surface area contributed by atoms with Crippen LogP contribution >= 0.6 is 11.6 Å². The van der Waals surface area contributed by atoms with E-state index in [-0.39, 0.29) is 5.38 Å². The fraction of sp³-hybridized carbons (Fsp3) is 0.500. The minimum absolute atomic E-state index is 0.129. The van der Waals surface area contributed by atoms with Gasteiger partial charge in [0.15, 0.2) is 0 Å². The minimum Gasteiger partial charge on any atom is -0.385 e. The summed E-state index contributed by atoms with van der Waals surface area (Å²) in [4.78, 5) is 0. The van der Waals surface area contributed by atoms with Gasteiger partial charge in [-0.3, -0.25) is 0 Å². The smallest absolute Gasteiger partial charge is 0.385 e. The summed E-state index contributed by atoms with van der Waals surface area (Å²) in [5, 5.41) is 3.18. The first kappa shape index (κ1) is 14.2. The number of alkyl halides is 4. The van der Waals surface area contributed by atoms with Crippen molar-refractivity contribution in [2.75, 3.05) is 11.9 Å². The van der Waals surface area contributed by atoms with Crippen molar-refractivity contribution >= 4 is 17.3 Å². The van der Waals surface area contributed by atoms with Crippen molar-refractivity contribution in [2.45, 2.75) is 31.3 Å². The minimum atomic E-state index is -4.27. The summed E-state index contributed by atoms with van der Waals surface area (Å²) in [5.41, 5.74) is 0.0673. The second-order valence-corrected chi connectivity index (χ2v) is 4.67. The van der Waals surface area contributed by atoms with E-state index in [0.717, 1.165) is 25.0 Å². The number of hydrogen-bond donors (Lipinski definition) is 1. The molecule has 0 aliphatic carbocycles. The molecule has 0 saturated heterocycles. The summed E-state index contributed by atoms with van der Waals surface area (Å²) in [5.74, 6) is 0. The molecule has 0 aliphatic heterocycles. The Balaban J connectivity index is 2.41. The number of hydrogen-bond acceptors (Lipinski definition) is 1. The molecule has 0 bridgehead atoms. The van der Waals surface area contributed by atoms with Crippen LogP contribution in [0, 0.1) is 0 Å². The normalized spacial score (nSPS) is 13.5. The molecular formula is C12H15ClF3N. The standard InChI is InChI=1S/C12H15ClF3N/c1-9(13)3-2-8-17-11-6-4-10(5-7-11)12(14,15)16/h4-7,9,17H,2-3,8H2,1H3. The molecule has 1 aromatic rings. The molecule has 96 valence electrons. The third-order valence-corrected chi connectivity index (χ3v) is 2.54. The van der Waals surface area contributed by atoms with Crippen molar-refractivity contribution in [3.8, 4) is 0 Å². The van der Waals surface area contributed by atoms with E-state index in [9.17, 15) is 13.2 Å². The predicted octanol–water partition coefficient (Wildman–Crippen LogP) is 4.52. The van der Waals surface area contributed by atoms with Crippen molar-refractivity contribution in [3.05, 3.63) is 29.8 Å². The van der Waals surface area contributed by atoms with Gasteiger partial charge in [0.25, 0.3) is 0 Å². The van der Waals surface area contributed by atoms with E-state index in [1.54, 1.807) is 0 Å². The molecule has 0 saturated carbocycles. The lowest BCUT2D eigenvalue weighted by atomic mass is 10.2. The maximum atomic E-state index is 12.3. The topological polar surface area (TPSA) is 12.0 Å². The van der Waals surface area contributed by atoms with E-state index in [4.69, 9.17) is 11.6 Å². The Morgan fingerprint density at radius 1 is 1.24 bits per heavy atom. The summed E-state index contributed by atoms with van der Waals surface area (Å²) >= 11 is 5.78. The van der Waals surface area contributed by atoms with Crippen LogP contribution in [0.1, 0.15) is 25.3 Å². The fourth-order valence-electron chi connectivity index (χ4n) is 1.39. The Labute approximate surface area is 104 Å². The lowest BCUT2D eigenvalue weighted by molar-refractivity contribution is -0.137. The molecule has 0 aromatic heterocycles. The molecule has 1 aromatic carbocycles. The van der Waals surface area contributed by atoms with Gasteiger partial charge in [0.05, 0.1) is 5.56 Å². The molecule has 1 unspecified atom stereocenters. The maximum absolute atomic E-state index is 12.3. The van der Waals surface area contributed by atoms with E-state index in [1.165, 1.54) is 12.1 Å². The molecule has 17 heavy (non-hydrogen) atoms. The van der Waals surface area contributed by atoms with Crippen molar-refractivity contribution < 1.29 is 13.2 Å². The molecule has 1 atom stereocenters. The van der Waals surface area contributed by atoms with E-state index in [1.807, 2.05) is 6.92 Å². The number of anilines is 1.